The topological polar surface area (TPSA) is 36.4 Å². The maximum atomic E-state index is 4.68. The summed E-state index contributed by atoms with van der Waals surface area (Å²) < 4.78 is 0. The summed E-state index contributed by atoms with van der Waals surface area (Å²) in [6.45, 7) is 3.80. The molecule has 2 aliphatic rings. The minimum absolute atomic E-state index is 0.651. The highest BCUT2D eigenvalue weighted by atomic mass is 15.2. The van der Waals surface area contributed by atoms with Crippen LogP contribution in [0.15, 0.2) is 23.2 Å². The fourth-order valence-corrected chi connectivity index (χ4v) is 2.63. The van der Waals surface area contributed by atoms with Gasteiger partial charge in [-0.05, 0) is 55.7 Å². The summed E-state index contributed by atoms with van der Waals surface area (Å²) in [4.78, 5) is 4.68. The lowest BCUT2D eigenvalue weighted by Crippen LogP contribution is -2.38. The molecule has 0 aromatic heterocycles. The number of fused-ring (bicyclic) bond motifs is 1. The Labute approximate surface area is 115 Å². The van der Waals surface area contributed by atoms with Gasteiger partial charge in [0.15, 0.2) is 5.96 Å². The van der Waals surface area contributed by atoms with Crippen molar-refractivity contribution < 1.29 is 0 Å². The highest BCUT2D eigenvalue weighted by Crippen LogP contribution is 2.23. The van der Waals surface area contributed by atoms with E-state index >= 15 is 0 Å². The van der Waals surface area contributed by atoms with Gasteiger partial charge in [0.1, 0.15) is 0 Å². The van der Waals surface area contributed by atoms with Crippen LogP contribution in [0.5, 0.6) is 0 Å². The van der Waals surface area contributed by atoms with Crippen LogP contribution < -0.4 is 10.6 Å². The number of hydrogen-bond acceptors (Lipinski definition) is 1. The molecule has 0 aliphatic heterocycles. The van der Waals surface area contributed by atoms with Gasteiger partial charge in [-0.1, -0.05) is 18.2 Å². The molecule has 1 aromatic rings. The Hall–Kier alpha value is -1.51. The molecule has 0 saturated heterocycles. The van der Waals surface area contributed by atoms with E-state index in [0.717, 1.165) is 19.0 Å². The fourth-order valence-electron chi connectivity index (χ4n) is 2.63. The Morgan fingerprint density at radius 2 is 2.11 bits per heavy atom. The van der Waals surface area contributed by atoms with Crippen molar-refractivity contribution in [3.63, 3.8) is 0 Å². The van der Waals surface area contributed by atoms with Crippen molar-refractivity contribution >= 4 is 5.96 Å². The summed E-state index contributed by atoms with van der Waals surface area (Å²) in [6, 6.07) is 7.51. The quantitative estimate of drug-likeness (QED) is 0.642. The van der Waals surface area contributed by atoms with E-state index in [2.05, 4.69) is 40.7 Å². The van der Waals surface area contributed by atoms with Crippen LogP contribution >= 0.6 is 0 Å². The van der Waals surface area contributed by atoms with Crippen molar-refractivity contribution in [3.8, 4) is 0 Å². The SMILES string of the molecule is CCNC(=NCc1ccc2c(c1)CCC2)NC1CC1. The molecule has 1 saturated carbocycles. The van der Waals surface area contributed by atoms with Gasteiger partial charge < -0.3 is 10.6 Å². The third-order valence-corrected chi connectivity index (χ3v) is 3.85. The van der Waals surface area contributed by atoms with Crippen LogP contribution in [0.2, 0.25) is 0 Å². The van der Waals surface area contributed by atoms with Gasteiger partial charge in [-0.2, -0.15) is 0 Å². The predicted octanol–water partition coefficient (Wildman–Crippen LogP) is 2.39. The molecule has 0 bridgehead atoms. The summed E-state index contributed by atoms with van der Waals surface area (Å²) in [6.07, 6.45) is 6.37. The summed E-state index contributed by atoms with van der Waals surface area (Å²) in [5.74, 6) is 0.963. The summed E-state index contributed by atoms with van der Waals surface area (Å²) in [5.41, 5.74) is 4.40. The first kappa shape index (κ1) is 12.5. The molecule has 1 fully saturated rings. The lowest BCUT2D eigenvalue weighted by Gasteiger charge is -2.10. The van der Waals surface area contributed by atoms with Crippen molar-refractivity contribution in [2.24, 2.45) is 4.99 Å². The fraction of sp³-hybridized carbons (Fsp3) is 0.562. The van der Waals surface area contributed by atoms with Crippen molar-refractivity contribution in [1.29, 1.82) is 0 Å². The minimum atomic E-state index is 0.651. The lowest BCUT2D eigenvalue weighted by molar-refractivity contribution is 0.812. The zero-order chi connectivity index (χ0) is 13.1. The largest absolute Gasteiger partial charge is 0.357 e. The van der Waals surface area contributed by atoms with Gasteiger partial charge >= 0.3 is 0 Å². The average molecular weight is 257 g/mol. The van der Waals surface area contributed by atoms with Gasteiger partial charge in [-0.25, -0.2) is 4.99 Å². The van der Waals surface area contributed by atoms with Crippen molar-refractivity contribution in [1.82, 2.24) is 10.6 Å². The van der Waals surface area contributed by atoms with Crippen molar-refractivity contribution in [3.05, 3.63) is 34.9 Å². The molecule has 0 spiro atoms. The molecule has 19 heavy (non-hydrogen) atoms. The molecule has 0 unspecified atom stereocenters. The van der Waals surface area contributed by atoms with E-state index in [1.165, 1.54) is 48.8 Å². The molecule has 2 aliphatic carbocycles. The second kappa shape index (κ2) is 5.64. The smallest absolute Gasteiger partial charge is 0.191 e. The highest BCUT2D eigenvalue weighted by molar-refractivity contribution is 5.80. The number of nitrogens with one attached hydrogen (secondary N) is 2. The summed E-state index contributed by atoms with van der Waals surface area (Å²) in [7, 11) is 0. The maximum Gasteiger partial charge on any atom is 0.191 e. The summed E-state index contributed by atoms with van der Waals surface area (Å²) >= 11 is 0. The Morgan fingerprint density at radius 1 is 1.26 bits per heavy atom. The zero-order valence-corrected chi connectivity index (χ0v) is 11.7. The van der Waals surface area contributed by atoms with Gasteiger partial charge in [-0.3, -0.25) is 0 Å². The molecular weight excluding hydrogens is 234 g/mol. The van der Waals surface area contributed by atoms with E-state index in [1.807, 2.05) is 0 Å². The second-order valence-corrected chi connectivity index (χ2v) is 5.57. The molecule has 0 radical (unpaired) electrons. The van der Waals surface area contributed by atoms with Crippen LogP contribution in [-0.4, -0.2) is 18.5 Å². The van der Waals surface area contributed by atoms with Gasteiger partial charge in [0.05, 0.1) is 6.54 Å². The number of hydrogen-bond donors (Lipinski definition) is 2. The van der Waals surface area contributed by atoms with Gasteiger partial charge in [0, 0.05) is 12.6 Å². The first-order valence-electron chi connectivity index (χ1n) is 7.50. The van der Waals surface area contributed by atoms with Crippen LogP contribution in [0, 0.1) is 0 Å². The molecule has 0 amide bonds. The van der Waals surface area contributed by atoms with E-state index < -0.39 is 0 Å². The first-order chi connectivity index (χ1) is 9.35. The van der Waals surface area contributed by atoms with Gasteiger partial charge in [-0.15, -0.1) is 0 Å². The number of guanidine groups is 1. The number of rotatable bonds is 4. The van der Waals surface area contributed by atoms with Crippen molar-refractivity contribution in [2.75, 3.05) is 6.54 Å². The number of benzene rings is 1. The molecule has 3 nitrogen and oxygen atoms in total. The molecule has 0 atom stereocenters. The molecule has 1 aromatic carbocycles. The normalized spacial score (nSPS) is 18.3. The summed E-state index contributed by atoms with van der Waals surface area (Å²) in [5, 5.41) is 6.77. The minimum Gasteiger partial charge on any atom is -0.357 e. The van der Waals surface area contributed by atoms with Crippen LogP contribution in [0.3, 0.4) is 0 Å². The van der Waals surface area contributed by atoms with Crippen LogP contribution in [0.25, 0.3) is 0 Å². The molecule has 3 rings (SSSR count). The van der Waals surface area contributed by atoms with E-state index in [4.69, 9.17) is 0 Å². The Kier molecular flexibility index (Phi) is 3.72. The average Bonchev–Trinajstić information content (AvgIpc) is 3.11. The Balaban J connectivity index is 1.65. The molecule has 2 N–H and O–H groups in total. The van der Waals surface area contributed by atoms with E-state index in [9.17, 15) is 0 Å². The number of nitrogens with zero attached hydrogens (tertiary/aromatic N) is 1. The standard InChI is InChI=1S/C16H23N3/c1-2-17-16(19-15-8-9-15)18-11-12-6-7-13-4-3-5-14(13)10-12/h6-7,10,15H,2-5,8-9,11H2,1H3,(H2,17,18,19). The molecular formula is C16H23N3. The first-order valence-corrected chi connectivity index (χ1v) is 7.50. The maximum absolute atomic E-state index is 4.68. The van der Waals surface area contributed by atoms with Gasteiger partial charge in [0.2, 0.25) is 0 Å². The number of aryl methyl sites for hydroxylation is 2. The van der Waals surface area contributed by atoms with Crippen LogP contribution in [0.4, 0.5) is 0 Å². The second-order valence-electron chi connectivity index (χ2n) is 5.57. The lowest BCUT2D eigenvalue weighted by atomic mass is 10.1. The van der Waals surface area contributed by atoms with Crippen molar-refractivity contribution in [2.45, 2.75) is 51.6 Å². The predicted molar refractivity (Wildman–Crippen MR) is 79.4 cm³/mol. The van der Waals surface area contributed by atoms with Crippen LogP contribution in [-0.2, 0) is 19.4 Å². The number of aliphatic imine (C=N–C) groups is 1. The van der Waals surface area contributed by atoms with Crippen LogP contribution in [0.1, 0.15) is 42.9 Å². The van der Waals surface area contributed by atoms with E-state index in [-0.39, 0.29) is 0 Å². The third kappa shape index (κ3) is 3.28. The Morgan fingerprint density at radius 3 is 2.89 bits per heavy atom. The van der Waals surface area contributed by atoms with Gasteiger partial charge in [0.25, 0.3) is 0 Å². The highest BCUT2D eigenvalue weighted by Gasteiger charge is 2.22. The molecule has 0 heterocycles. The van der Waals surface area contributed by atoms with E-state index in [1.54, 1.807) is 0 Å². The molecule has 102 valence electrons. The monoisotopic (exact) mass is 257 g/mol. The third-order valence-electron chi connectivity index (χ3n) is 3.85. The Bertz CT molecular complexity index is 475. The molecule has 3 heteroatoms. The zero-order valence-electron chi connectivity index (χ0n) is 11.7. The van der Waals surface area contributed by atoms with E-state index in [0.29, 0.717) is 6.04 Å².